The van der Waals surface area contributed by atoms with Gasteiger partial charge in [-0.25, -0.2) is 4.98 Å². The molecule has 2 bridgehead atoms. The number of thiazole rings is 1. The summed E-state index contributed by atoms with van der Waals surface area (Å²) in [6.07, 6.45) is 7.51. The Bertz CT molecular complexity index is 784. The highest BCUT2D eigenvalue weighted by Gasteiger charge is 2.58. The summed E-state index contributed by atoms with van der Waals surface area (Å²) in [7, 11) is 0. The first-order valence-electron chi connectivity index (χ1n) is 9.13. The number of pyridine rings is 1. The number of rotatable bonds is 6. The van der Waals surface area contributed by atoms with Crippen molar-refractivity contribution in [2.75, 3.05) is 0 Å². The second-order valence-electron chi connectivity index (χ2n) is 7.26. The lowest BCUT2D eigenvalue weighted by atomic mass is 9.71. The van der Waals surface area contributed by atoms with Crippen molar-refractivity contribution < 1.29 is 4.79 Å². The van der Waals surface area contributed by atoms with Gasteiger partial charge in [-0.3, -0.25) is 14.7 Å². The van der Waals surface area contributed by atoms with Gasteiger partial charge in [0.2, 0.25) is 5.91 Å². The average molecular weight is 391 g/mol. The molecular weight excluding hydrogens is 368 g/mol. The van der Waals surface area contributed by atoms with E-state index in [1.54, 1.807) is 29.2 Å². The molecule has 7 heteroatoms. The van der Waals surface area contributed by atoms with Gasteiger partial charge in [0, 0.05) is 36.4 Å². The predicted octanol–water partition coefficient (Wildman–Crippen LogP) is 3.64. The molecule has 2 aliphatic heterocycles. The third kappa shape index (κ3) is 3.04. The Kier molecular flexibility index (Phi) is 4.99. The second-order valence-corrected chi connectivity index (χ2v) is 8.39. The maximum Gasteiger partial charge on any atom is 0.228 e. The highest BCUT2D eigenvalue weighted by Crippen LogP contribution is 2.52. The topological polar surface area (TPSA) is 58.1 Å². The minimum absolute atomic E-state index is 0.172. The van der Waals surface area contributed by atoms with Crippen LogP contribution in [0.1, 0.15) is 43.9 Å². The summed E-state index contributed by atoms with van der Waals surface area (Å²) in [6, 6.07) is 2.71. The quantitative estimate of drug-likeness (QED) is 0.818. The van der Waals surface area contributed by atoms with Crippen molar-refractivity contribution >= 4 is 28.8 Å². The third-order valence-corrected chi connectivity index (χ3v) is 7.06. The number of halogens is 1. The van der Waals surface area contributed by atoms with Gasteiger partial charge in [-0.1, -0.05) is 18.5 Å². The molecule has 2 aromatic heterocycles. The van der Waals surface area contributed by atoms with E-state index in [2.05, 4.69) is 27.1 Å². The summed E-state index contributed by atoms with van der Waals surface area (Å²) < 4.78 is 0. The lowest BCUT2D eigenvalue weighted by molar-refractivity contribution is -0.133. The zero-order valence-corrected chi connectivity index (χ0v) is 16.4. The van der Waals surface area contributed by atoms with Crippen molar-refractivity contribution in [1.29, 1.82) is 0 Å². The van der Waals surface area contributed by atoms with Gasteiger partial charge in [0.25, 0.3) is 0 Å². The number of carbonyl (C=O) groups is 1. The molecule has 3 atom stereocenters. The number of nitrogens with zero attached hydrogens (tertiary/aromatic N) is 3. The Morgan fingerprint density at radius 3 is 3.12 bits per heavy atom. The molecule has 5 nitrogen and oxygen atoms in total. The van der Waals surface area contributed by atoms with E-state index in [9.17, 15) is 4.79 Å². The van der Waals surface area contributed by atoms with Crippen LogP contribution in [0.4, 0.5) is 0 Å². The Morgan fingerprint density at radius 1 is 1.50 bits per heavy atom. The minimum Gasteiger partial charge on any atom is -0.350 e. The van der Waals surface area contributed by atoms with Crippen molar-refractivity contribution in [2.45, 2.75) is 57.8 Å². The van der Waals surface area contributed by atoms with E-state index in [-0.39, 0.29) is 17.4 Å². The molecule has 138 valence electrons. The fourth-order valence-electron chi connectivity index (χ4n) is 4.73. The van der Waals surface area contributed by atoms with Gasteiger partial charge in [-0.2, -0.15) is 0 Å². The van der Waals surface area contributed by atoms with E-state index in [1.807, 2.05) is 11.4 Å². The maximum atomic E-state index is 13.2. The first-order valence-corrected chi connectivity index (χ1v) is 10.5. The van der Waals surface area contributed by atoms with E-state index in [0.717, 1.165) is 43.5 Å². The number of nitrogens with one attached hydrogen (secondary N) is 1. The summed E-state index contributed by atoms with van der Waals surface area (Å²) in [6.45, 7) is 3.44. The van der Waals surface area contributed by atoms with Gasteiger partial charge in [0.1, 0.15) is 0 Å². The molecule has 2 aromatic rings. The van der Waals surface area contributed by atoms with Gasteiger partial charge in [-0.05, 0) is 37.3 Å². The summed E-state index contributed by atoms with van der Waals surface area (Å²) in [5, 5.41) is 5.83. The van der Waals surface area contributed by atoms with Crippen LogP contribution < -0.4 is 5.32 Å². The smallest absolute Gasteiger partial charge is 0.228 e. The van der Waals surface area contributed by atoms with Gasteiger partial charge in [-0.15, -0.1) is 11.3 Å². The van der Waals surface area contributed by atoms with Crippen molar-refractivity contribution in [2.24, 2.45) is 5.41 Å². The molecule has 1 amide bonds. The van der Waals surface area contributed by atoms with Crippen LogP contribution in [-0.4, -0.2) is 32.9 Å². The van der Waals surface area contributed by atoms with Gasteiger partial charge < -0.3 is 5.32 Å². The van der Waals surface area contributed by atoms with E-state index >= 15 is 0 Å². The molecule has 4 heterocycles. The van der Waals surface area contributed by atoms with Gasteiger partial charge >= 0.3 is 0 Å². The summed E-state index contributed by atoms with van der Waals surface area (Å²) >= 11 is 7.87. The first kappa shape index (κ1) is 17.9. The summed E-state index contributed by atoms with van der Waals surface area (Å²) in [5.41, 5.74) is 3.51. The Hall–Kier alpha value is -1.50. The number of hydrogen-bond acceptors (Lipinski definition) is 5. The molecule has 0 unspecified atom stereocenters. The molecule has 2 aliphatic rings. The SMILES string of the molecule is CC[C@@]1(C(=O)NCc2cscn2)C[C@@H]2CC[C@H]1N2Cc1ccncc1Cl. The van der Waals surface area contributed by atoms with Gasteiger partial charge in [0.15, 0.2) is 0 Å². The van der Waals surface area contributed by atoms with Crippen LogP contribution in [0, 0.1) is 5.41 Å². The molecule has 0 aromatic carbocycles. The number of aromatic nitrogens is 2. The highest BCUT2D eigenvalue weighted by molar-refractivity contribution is 7.07. The van der Waals surface area contributed by atoms with Crippen molar-refractivity contribution in [3.63, 3.8) is 0 Å². The van der Waals surface area contributed by atoms with E-state index in [1.165, 1.54) is 0 Å². The number of amides is 1. The van der Waals surface area contributed by atoms with Crippen LogP contribution in [0.5, 0.6) is 0 Å². The van der Waals surface area contributed by atoms with Crippen molar-refractivity contribution in [3.8, 4) is 0 Å². The first-order chi connectivity index (χ1) is 12.6. The van der Waals surface area contributed by atoms with Crippen LogP contribution in [0.2, 0.25) is 5.02 Å². The predicted molar refractivity (Wildman–Crippen MR) is 103 cm³/mol. The fourth-order valence-corrected chi connectivity index (χ4v) is 5.47. The van der Waals surface area contributed by atoms with E-state index < -0.39 is 0 Å². The fraction of sp³-hybridized carbons (Fsp3) is 0.526. The summed E-state index contributed by atoms with van der Waals surface area (Å²) in [5.74, 6) is 0.172. The number of fused-ring (bicyclic) bond motifs is 2. The van der Waals surface area contributed by atoms with Crippen LogP contribution in [0.3, 0.4) is 0 Å². The molecule has 26 heavy (non-hydrogen) atoms. The number of carbonyl (C=O) groups excluding carboxylic acids is 1. The van der Waals surface area contributed by atoms with E-state index in [0.29, 0.717) is 17.6 Å². The molecule has 0 aliphatic carbocycles. The highest BCUT2D eigenvalue weighted by atomic mass is 35.5. The van der Waals surface area contributed by atoms with Crippen LogP contribution in [0.15, 0.2) is 29.4 Å². The Morgan fingerprint density at radius 2 is 2.38 bits per heavy atom. The molecule has 0 spiro atoms. The standard InChI is InChI=1S/C19H23ClN4OS/c1-2-19(18(25)22-8-14-11-26-12-23-14)7-15-3-4-17(19)24(15)10-13-5-6-21-9-16(13)20/h5-6,9,11-12,15,17H,2-4,7-8,10H2,1H3,(H,22,25)/t15-,17+,19+/m0/s1. The zero-order chi connectivity index (χ0) is 18.1. The monoisotopic (exact) mass is 390 g/mol. The number of hydrogen-bond donors (Lipinski definition) is 1. The van der Waals surface area contributed by atoms with E-state index in [4.69, 9.17) is 11.6 Å². The molecular formula is C19H23ClN4OS. The minimum atomic E-state index is -0.307. The molecule has 0 saturated carbocycles. The van der Waals surface area contributed by atoms with Crippen LogP contribution in [0.25, 0.3) is 0 Å². The lowest BCUT2D eigenvalue weighted by Gasteiger charge is -2.35. The van der Waals surface area contributed by atoms with Gasteiger partial charge in [0.05, 0.1) is 28.2 Å². The molecule has 2 fully saturated rings. The Labute approximate surface area is 162 Å². The normalized spacial score (nSPS) is 27.8. The maximum absolute atomic E-state index is 13.2. The summed E-state index contributed by atoms with van der Waals surface area (Å²) in [4.78, 5) is 24.0. The Balaban J connectivity index is 1.51. The third-order valence-electron chi connectivity index (χ3n) is 6.09. The lowest BCUT2D eigenvalue weighted by Crippen LogP contribution is -2.48. The largest absolute Gasteiger partial charge is 0.350 e. The molecule has 4 rings (SSSR count). The zero-order valence-electron chi connectivity index (χ0n) is 14.8. The molecule has 2 saturated heterocycles. The molecule has 0 radical (unpaired) electrons. The van der Waals surface area contributed by atoms with Crippen molar-refractivity contribution in [1.82, 2.24) is 20.2 Å². The van der Waals surface area contributed by atoms with Crippen LogP contribution in [-0.2, 0) is 17.9 Å². The molecule has 1 N–H and O–H groups in total. The van der Waals surface area contributed by atoms with Crippen LogP contribution >= 0.6 is 22.9 Å². The van der Waals surface area contributed by atoms with Crippen molar-refractivity contribution in [3.05, 3.63) is 45.6 Å². The second kappa shape index (κ2) is 7.25. The average Bonchev–Trinajstić information content (AvgIpc) is 3.37.